The highest BCUT2D eigenvalue weighted by atomic mass is 16.6. The number of hydrogen-bond acceptors (Lipinski definition) is 12. The number of likely N-dealkylation sites (tertiary alicyclic amines) is 1. The van der Waals surface area contributed by atoms with Gasteiger partial charge in [0, 0.05) is 74.7 Å². The first-order valence-electron chi connectivity index (χ1n) is 27.5. The smallest absolute Gasteiger partial charge is 0.340 e. The van der Waals surface area contributed by atoms with E-state index in [0.29, 0.717) is 63.0 Å². The Balaban J connectivity index is 0.917. The van der Waals surface area contributed by atoms with Gasteiger partial charge in [0.05, 0.1) is 69.4 Å². The lowest BCUT2D eigenvalue weighted by Crippen LogP contribution is -2.76. The highest BCUT2D eigenvalue weighted by Gasteiger charge is 2.84. The third-order valence-electron chi connectivity index (χ3n) is 18.3. The zero-order valence-electron chi connectivity index (χ0n) is 45.1. The van der Waals surface area contributed by atoms with Crippen LogP contribution in [0.2, 0.25) is 0 Å². The van der Waals surface area contributed by atoms with Gasteiger partial charge in [0.15, 0.2) is 0 Å². The van der Waals surface area contributed by atoms with Crippen LogP contribution in [-0.2, 0) is 28.5 Å². The van der Waals surface area contributed by atoms with Crippen molar-refractivity contribution in [2.75, 3.05) is 55.2 Å². The van der Waals surface area contributed by atoms with Crippen LogP contribution < -0.4 is 21.3 Å². The predicted molar refractivity (Wildman–Crippen MR) is 290 cm³/mol. The molecular formula is C61H73N5O11. The molecule has 4 aromatic carbocycles. The highest BCUT2D eigenvalue weighted by molar-refractivity contribution is 6.13. The molecule has 0 radical (unpaired) electrons. The molecular weight excluding hydrogens is 979 g/mol. The number of aliphatic hydroxyl groups is 1. The SMILES string of the molecule is CCN1C[C@]2(COC(=O)c3ccccc3NC(=O)c3ccccc3NC(=O)CC(C)C)CC[C@H](OC)C34C1C(C[C@@H]32)[C@@]1(O)C[C@H](OC)C2C[C@@H]4[C@@H]1[C@H]2OC(=O)c1ccccc1NC(=O)c1ccccc1NC(=O)CC(C)C. The van der Waals surface area contributed by atoms with Crippen LogP contribution in [0.15, 0.2) is 97.1 Å². The summed E-state index contributed by atoms with van der Waals surface area (Å²) in [6.07, 6.45) is 2.31. The monoisotopic (exact) mass is 1050 g/mol. The summed E-state index contributed by atoms with van der Waals surface area (Å²) < 4.78 is 26.1. The largest absolute Gasteiger partial charge is 0.461 e. The number of fused-ring (bicyclic) bond motifs is 2. The van der Waals surface area contributed by atoms with Crippen LogP contribution in [0.4, 0.5) is 22.7 Å². The van der Waals surface area contributed by atoms with E-state index in [9.17, 15) is 33.9 Å². The number of anilines is 4. The third-order valence-corrected chi connectivity index (χ3v) is 18.3. The number of methoxy groups -OCH3 is 2. The Kier molecular flexibility index (Phi) is 15.0. The number of hydrogen-bond donors (Lipinski definition) is 5. The lowest BCUT2D eigenvalue weighted by molar-refractivity contribution is -0.275. The van der Waals surface area contributed by atoms with Crippen molar-refractivity contribution in [3.63, 3.8) is 0 Å². The fraction of sp³-hybridized carbons (Fsp3) is 0.508. The Hall–Kier alpha value is -6.46. The minimum atomic E-state index is -1.29. The summed E-state index contributed by atoms with van der Waals surface area (Å²) in [5.41, 5.74) is -0.249. The molecule has 77 heavy (non-hydrogen) atoms. The summed E-state index contributed by atoms with van der Waals surface area (Å²) in [5.74, 6) is -3.54. The van der Waals surface area contributed by atoms with E-state index >= 15 is 0 Å². The molecule has 12 atom stereocenters. The Morgan fingerprint density at radius 1 is 0.662 bits per heavy atom. The number of ether oxygens (including phenoxy) is 4. The summed E-state index contributed by atoms with van der Waals surface area (Å²) in [6.45, 7) is 11.4. The van der Waals surface area contributed by atoms with Gasteiger partial charge in [-0.15, -0.1) is 0 Å². The minimum absolute atomic E-state index is 0.0265. The topological polar surface area (TPSA) is 211 Å². The number of para-hydroxylation sites is 4. The van der Waals surface area contributed by atoms with E-state index in [1.165, 1.54) is 0 Å². The molecule has 0 aromatic heterocycles. The fourth-order valence-corrected chi connectivity index (χ4v) is 15.6. The van der Waals surface area contributed by atoms with Crippen molar-refractivity contribution in [2.45, 2.75) is 110 Å². The second-order valence-corrected chi connectivity index (χ2v) is 23.4. The Labute approximate surface area is 450 Å². The first-order chi connectivity index (χ1) is 37.0. The zero-order valence-corrected chi connectivity index (χ0v) is 45.1. The van der Waals surface area contributed by atoms with Crippen molar-refractivity contribution < 1.29 is 52.8 Å². The van der Waals surface area contributed by atoms with Crippen molar-refractivity contribution in [1.82, 2.24) is 4.90 Å². The number of carbonyl (C=O) groups is 6. The fourth-order valence-electron chi connectivity index (χ4n) is 15.6. The molecule has 5 saturated carbocycles. The van der Waals surface area contributed by atoms with Crippen LogP contribution >= 0.6 is 0 Å². The van der Waals surface area contributed by atoms with Crippen molar-refractivity contribution >= 4 is 58.3 Å². The van der Waals surface area contributed by atoms with Crippen LogP contribution in [0.1, 0.15) is 121 Å². The minimum Gasteiger partial charge on any atom is -0.461 e. The first-order valence-corrected chi connectivity index (χ1v) is 27.5. The first kappa shape index (κ1) is 53.9. The average molecular weight is 1050 g/mol. The van der Waals surface area contributed by atoms with E-state index in [0.717, 1.165) is 0 Å². The summed E-state index contributed by atoms with van der Waals surface area (Å²) in [5, 5.41) is 25.2. The lowest BCUT2D eigenvalue weighted by Gasteiger charge is -2.69. The van der Waals surface area contributed by atoms with E-state index in [1.807, 2.05) is 27.7 Å². The summed E-state index contributed by atoms with van der Waals surface area (Å²) >= 11 is 0. The average Bonchev–Trinajstić information content (AvgIpc) is 3.08. The number of amides is 4. The van der Waals surface area contributed by atoms with Gasteiger partial charge in [-0.3, -0.25) is 24.1 Å². The molecule has 16 heteroatoms. The number of benzene rings is 4. The molecule has 4 amide bonds. The van der Waals surface area contributed by atoms with Gasteiger partial charge in [-0.1, -0.05) is 83.1 Å². The molecule has 6 fully saturated rings. The second kappa shape index (κ2) is 21.4. The van der Waals surface area contributed by atoms with Gasteiger partial charge in [-0.25, -0.2) is 9.59 Å². The standard InChI is InChI=1S/C61H73N5O11/c1-8-66-32-59(33-76-57(71)38-19-11-15-23-45(38)64-55(69)36-17-9-13-21-43(36)62-50(67)27-34(2)3)26-25-49(75-7)61-41-29-40-47(74-6)31-60(73,42(54(61)66)30-48(59)61)52(41)53(40)77-58(72)39-20-12-16-24-46(39)65-56(70)37-18-10-14-22-44(37)63-51(68)28-35(4)5/h9-24,34-35,40-42,47-49,52-54,73H,8,25-33H2,1-7H3,(H,62,67)(H,63,68)(H,64,69)(H,65,70)/t40?,41-,42?,47+,48-,49+,52-,53+,54?,59+,60+,61?/m1/s1. The number of nitrogens with one attached hydrogen (secondary N) is 4. The molecule has 1 spiro atoms. The molecule has 1 heterocycles. The number of carbonyl (C=O) groups excluding carboxylic acids is 6. The highest BCUT2D eigenvalue weighted by Crippen LogP contribution is 2.79. The van der Waals surface area contributed by atoms with E-state index < -0.39 is 58.3 Å². The molecule has 4 aromatic rings. The molecule has 6 aliphatic rings. The van der Waals surface area contributed by atoms with Crippen molar-refractivity contribution in [3.05, 3.63) is 119 Å². The number of nitrogens with zero attached hydrogens (tertiary/aromatic N) is 1. The van der Waals surface area contributed by atoms with E-state index in [4.69, 9.17) is 18.9 Å². The molecule has 7 bridgehead atoms. The van der Waals surface area contributed by atoms with Crippen molar-refractivity contribution in [2.24, 2.45) is 52.3 Å². The maximum Gasteiger partial charge on any atom is 0.340 e. The quantitative estimate of drug-likeness (QED) is 0.0591. The van der Waals surface area contributed by atoms with Gasteiger partial charge in [0.1, 0.15) is 6.10 Å². The molecule has 5 N–H and O–H groups in total. The van der Waals surface area contributed by atoms with E-state index in [2.05, 4.69) is 33.1 Å². The van der Waals surface area contributed by atoms with Crippen LogP contribution in [0.25, 0.3) is 0 Å². The Morgan fingerprint density at radius 2 is 1.17 bits per heavy atom. The summed E-state index contributed by atoms with van der Waals surface area (Å²) in [4.78, 5) is 85.2. The molecule has 4 unspecified atom stereocenters. The van der Waals surface area contributed by atoms with Crippen molar-refractivity contribution in [1.29, 1.82) is 0 Å². The van der Waals surface area contributed by atoms with Crippen LogP contribution in [-0.4, -0.2) is 109 Å². The maximum absolute atomic E-state index is 14.8. The van der Waals surface area contributed by atoms with Crippen LogP contribution in [0, 0.1) is 52.3 Å². The van der Waals surface area contributed by atoms with Crippen LogP contribution in [0.3, 0.4) is 0 Å². The molecule has 408 valence electrons. The second-order valence-electron chi connectivity index (χ2n) is 23.4. The number of rotatable bonds is 18. The summed E-state index contributed by atoms with van der Waals surface area (Å²) in [6, 6.07) is 26.9. The molecule has 5 aliphatic carbocycles. The van der Waals surface area contributed by atoms with Gasteiger partial charge in [0.25, 0.3) is 11.8 Å². The summed E-state index contributed by atoms with van der Waals surface area (Å²) in [7, 11) is 3.43. The normalized spacial score (nSPS) is 30.3. The van der Waals surface area contributed by atoms with E-state index in [1.54, 1.807) is 111 Å². The molecule has 10 rings (SSSR count). The van der Waals surface area contributed by atoms with Crippen molar-refractivity contribution in [3.8, 4) is 0 Å². The van der Waals surface area contributed by atoms with Gasteiger partial charge in [0.2, 0.25) is 11.8 Å². The van der Waals surface area contributed by atoms with E-state index in [-0.39, 0.29) is 106 Å². The Bertz CT molecular complexity index is 2950. The Morgan fingerprint density at radius 3 is 1.68 bits per heavy atom. The zero-order chi connectivity index (χ0) is 54.6. The predicted octanol–water partition coefficient (Wildman–Crippen LogP) is 9.08. The van der Waals surface area contributed by atoms with Gasteiger partial charge in [-0.2, -0.15) is 0 Å². The number of piperidine rings is 1. The number of esters is 2. The third kappa shape index (κ3) is 9.42. The van der Waals surface area contributed by atoms with Gasteiger partial charge < -0.3 is 45.3 Å². The maximum atomic E-state index is 14.8. The molecule has 1 aliphatic heterocycles. The van der Waals surface area contributed by atoms with Gasteiger partial charge >= 0.3 is 11.9 Å². The van der Waals surface area contributed by atoms with Gasteiger partial charge in [-0.05, 0) is 104 Å². The van der Waals surface area contributed by atoms with Crippen LogP contribution in [0.5, 0.6) is 0 Å². The lowest BCUT2D eigenvalue weighted by atomic mass is 9.43. The molecule has 1 saturated heterocycles. The molecule has 16 nitrogen and oxygen atoms in total.